The fourth-order valence-corrected chi connectivity index (χ4v) is 6.42. The standard InChI is InChI=1S/C20H23NO3S/c1-14-6-8-17(9-7-14)25(22,23)21-12-16-10-19-18-5-3-2-4-15(18)11-20(16,13-21)24-19/h5-9,11,16,19H,2-4,10,12-13H2,1H3. The summed E-state index contributed by atoms with van der Waals surface area (Å²) in [4.78, 5) is 0.382. The van der Waals surface area contributed by atoms with Gasteiger partial charge in [0.25, 0.3) is 0 Å². The SMILES string of the molecule is Cc1ccc(S(=O)(=O)N2CC3CC4OC3(C=C3CCCC=C34)C2)cc1. The number of fused-ring (bicyclic) bond motifs is 3. The van der Waals surface area contributed by atoms with Crippen molar-refractivity contribution in [1.29, 1.82) is 0 Å². The van der Waals surface area contributed by atoms with Crippen LogP contribution in [0, 0.1) is 12.8 Å². The largest absolute Gasteiger partial charge is 0.361 e. The Labute approximate surface area is 149 Å². The van der Waals surface area contributed by atoms with E-state index in [0.29, 0.717) is 18.0 Å². The molecular formula is C20H23NO3S. The number of benzene rings is 1. The molecule has 1 aromatic carbocycles. The lowest BCUT2D eigenvalue weighted by Gasteiger charge is -2.34. The molecule has 1 aliphatic carbocycles. The molecule has 0 radical (unpaired) electrons. The predicted molar refractivity (Wildman–Crippen MR) is 95.7 cm³/mol. The molecule has 25 heavy (non-hydrogen) atoms. The van der Waals surface area contributed by atoms with E-state index in [1.165, 1.54) is 17.6 Å². The lowest BCUT2D eigenvalue weighted by molar-refractivity contribution is -0.00189. The highest BCUT2D eigenvalue weighted by atomic mass is 32.2. The Morgan fingerprint density at radius 3 is 2.84 bits per heavy atom. The second kappa shape index (κ2) is 5.29. The molecule has 4 nitrogen and oxygen atoms in total. The van der Waals surface area contributed by atoms with Crippen LogP contribution in [-0.4, -0.2) is 37.5 Å². The first-order chi connectivity index (χ1) is 12.0. The Balaban J connectivity index is 1.48. The first-order valence-corrected chi connectivity index (χ1v) is 10.6. The van der Waals surface area contributed by atoms with Crippen molar-refractivity contribution in [3.05, 3.63) is 53.1 Å². The summed E-state index contributed by atoms with van der Waals surface area (Å²) < 4.78 is 34.2. The molecule has 5 rings (SSSR count). The summed E-state index contributed by atoms with van der Waals surface area (Å²) in [6.45, 7) is 2.97. The van der Waals surface area contributed by atoms with Crippen LogP contribution in [-0.2, 0) is 14.8 Å². The van der Waals surface area contributed by atoms with Gasteiger partial charge in [0.1, 0.15) is 5.60 Å². The molecule has 0 saturated carbocycles. The van der Waals surface area contributed by atoms with Gasteiger partial charge in [-0.05, 0) is 62.0 Å². The molecule has 5 heteroatoms. The minimum Gasteiger partial charge on any atom is -0.361 e. The van der Waals surface area contributed by atoms with Crippen LogP contribution in [0.5, 0.6) is 0 Å². The molecule has 2 fully saturated rings. The van der Waals surface area contributed by atoms with E-state index in [1.54, 1.807) is 16.4 Å². The van der Waals surface area contributed by atoms with Crippen LogP contribution in [0.25, 0.3) is 0 Å². The summed E-state index contributed by atoms with van der Waals surface area (Å²) in [6, 6.07) is 7.13. The van der Waals surface area contributed by atoms with E-state index in [2.05, 4.69) is 12.2 Å². The normalized spacial score (nSPS) is 34.3. The molecule has 0 N–H and O–H groups in total. The van der Waals surface area contributed by atoms with E-state index in [9.17, 15) is 8.42 Å². The van der Waals surface area contributed by atoms with Gasteiger partial charge in [0.05, 0.1) is 11.0 Å². The summed E-state index contributed by atoms with van der Waals surface area (Å²) >= 11 is 0. The fourth-order valence-electron chi connectivity index (χ4n) is 4.89. The van der Waals surface area contributed by atoms with Gasteiger partial charge in [0, 0.05) is 19.0 Å². The highest BCUT2D eigenvalue weighted by Crippen LogP contribution is 2.52. The Morgan fingerprint density at radius 1 is 1.24 bits per heavy atom. The van der Waals surface area contributed by atoms with Crippen molar-refractivity contribution in [2.45, 2.75) is 49.2 Å². The first-order valence-electron chi connectivity index (χ1n) is 9.15. The van der Waals surface area contributed by atoms with Crippen molar-refractivity contribution in [3.8, 4) is 0 Å². The van der Waals surface area contributed by atoms with Crippen molar-refractivity contribution in [2.24, 2.45) is 5.92 Å². The van der Waals surface area contributed by atoms with Gasteiger partial charge in [-0.15, -0.1) is 0 Å². The second-order valence-electron chi connectivity index (χ2n) is 7.83. The third-order valence-corrected chi connectivity index (χ3v) is 8.03. The molecule has 1 aromatic rings. The molecule has 3 heterocycles. The van der Waals surface area contributed by atoms with E-state index >= 15 is 0 Å². The lowest BCUT2D eigenvalue weighted by atomic mass is 9.86. The second-order valence-corrected chi connectivity index (χ2v) is 9.76. The Bertz CT molecular complexity index is 884. The van der Waals surface area contributed by atoms with Gasteiger partial charge in [-0.2, -0.15) is 4.31 Å². The molecule has 3 aliphatic heterocycles. The average Bonchev–Trinajstić information content (AvgIpc) is 3.06. The molecule has 132 valence electrons. The number of rotatable bonds is 2. The average molecular weight is 357 g/mol. The van der Waals surface area contributed by atoms with Crippen LogP contribution < -0.4 is 0 Å². The molecular weight excluding hydrogens is 334 g/mol. The summed E-state index contributed by atoms with van der Waals surface area (Å²) in [6.07, 6.45) is 9.13. The van der Waals surface area contributed by atoms with Crippen molar-refractivity contribution in [1.82, 2.24) is 4.31 Å². The van der Waals surface area contributed by atoms with Gasteiger partial charge in [-0.3, -0.25) is 0 Å². The minimum atomic E-state index is -3.46. The van der Waals surface area contributed by atoms with Crippen LogP contribution in [0.15, 0.2) is 52.5 Å². The van der Waals surface area contributed by atoms with Gasteiger partial charge in [-0.25, -0.2) is 8.42 Å². The van der Waals surface area contributed by atoms with Crippen molar-refractivity contribution < 1.29 is 13.2 Å². The maximum Gasteiger partial charge on any atom is 0.243 e. The van der Waals surface area contributed by atoms with Crippen molar-refractivity contribution in [2.75, 3.05) is 13.1 Å². The molecule has 0 aromatic heterocycles. The van der Waals surface area contributed by atoms with Gasteiger partial charge < -0.3 is 4.74 Å². The molecule has 0 amide bonds. The quantitative estimate of drug-likeness (QED) is 0.817. The number of hydrogen-bond acceptors (Lipinski definition) is 3. The number of sulfonamides is 1. The van der Waals surface area contributed by atoms with E-state index < -0.39 is 15.6 Å². The number of allylic oxidation sites excluding steroid dienone is 1. The molecule has 3 atom stereocenters. The lowest BCUT2D eigenvalue weighted by Crippen LogP contribution is -2.40. The summed E-state index contributed by atoms with van der Waals surface area (Å²) in [5, 5.41) is 0. The van der Waals surface area contributed by atoms with E-state index in [0.717, 1.165) is 24.8 Å². The summed E-state index contributed by atoms with van der Waals surface area (Å²) in [5.41, 5.74) is 3.43. The fraction of sp³-hybridized carbons (Fsp3) is 0.500. The van der Waals surface area contributed by atoms with Crippen LogP contribution in [0.1, 0.15) is 31.2 Å². The van der Waals surface area contributed by atoms with Crippen LogP contribution in [0.4, 0.5) is 0 Å². The molecule has 2 saturated heterocycles. The maximum absolute atomic E-state index is 13.1. The third-order valence-electron chi connectivity index (χ3n) is 6.21. The zero-order valence-electron chi connectivity index (χ0n) is 14.4. The summed E-state index contributed by atoms with van der Waals surface area (Å²) in [5.74, 6) is 0.261. The van der Waals surface area contributed by atoms with Crippen molar-refractivity contribution in [3.63, 3.8) is 0 Å². The first kappa shape index (κ1) is 15.8. The number of nitrogens with zero attached hydrogens (tertiary/aromatic N) is 1. The van der Waals surface area contributed by atoms with Crippen LogP contribution in [0.3, 0.4) is 0 Å². The van der Waals surface area contributed by atoms with Gasteiger partial charge >= 0.3 is 0 Å². The number of ether oxygens (including phenoxy) is 1. The van der Waals surface area contributed by atoms with Crippen LogP contribution >= 0.6 is 0 Å². The van der Waals surface area contributed by atoms with Crippen LogP contribution in [0.2, 0.25) is 0 Å². The number of hydrogen-bond donors (Lipinski definition) is 0. The monoisotopic (exact) mass is 357 g/mol. The van der Waals surface area contributed by atoms with E-state index in [1.807, 2.05) is 19.1 Å². The third kappa shape index (κ3) is 2.29. The van der Waals surface area contributed by atoms with E-state index in [-0.39, 0.29) is 12.0 Å². The topological polar surface area (TPSA) is 46.6 Å². The molecule has 4 aliphatic rings. The molecule has 3 unspecified atom stereocenters. The maximum atomic E-state index is 13.1. The number of aryl methyl sites for hydroxylation is 1. The van der Waals surface area contributed by atoms with Gasteiger partial charge in [0.15, 0.2) is 0 Å². The Morgan fingerprint density at radius 2 is 2.04 bits per heavy atom. The zero-order chi connectivity index (χ0) is 17.2. The van der Waals surface area contributed by atoms with Crippen molar-refractivity contribution >= 4 is 10.0 Å². The smallest absolute Gasteiger partial charge is 0.243 e. The van der Waals surface area contributed by atoms with Gasteiger partial charge in [-0.1, -0.05) is 23.8 Å². The zero-order valence-corrected chi connectivity index (χ0v) is 15.3. The predicted octanol–water partition coefficient (Wildman–Crippen LogP) is 3.19. The highest BCUT2D eigenvalue weighted by Gasteiger charge is 2.58. The molecule has 1 spiro atoms. The minimum absolute atomic E-state index is 0.175. The van der Waals surface area contributed by atoms with E-state index in [4.69, 9.17) is 4.74 Å². The summed E-state index contributed by atoms with van der Waals surface area (Å²) in [7, 11) is -3.46. The Kier molecular flexibility index (Phi) is 3.34. The molecule has 2 bridgehead atoms. The highest BCUT2D eigenvalue weighted by molar-refractivity contribution is 7.89. The van der Waals surface area contributed by atoms with Gasteiger partial charge in [0.2, 0.25) is 10.0 Å². The Hall–Kier alpha value is -1.43.